The van der Waals surface area contributed by atoms with Crippen LogP contribution in [0.1, 0.15) is 0 Å². The van der Waals surface area contributed by atoms with Gasteiger partial charge in [-0.3, -0.25) is 0 Å². The van der Waals surface area contributed by atoms with Crippen molar-refractivity contribution in [2.75, 3.05) is 0 Å². The van der Waals surface area contributed by atoms with E-state index in [1.165, 1.54) is 0 Å². The SMILES string of the molecule is NC(=S)[S-].[O]=[Mo+](=[O])[c]1nnn[nH]1. The van der Waals surface area contributed by atoms with Crippen LogP contribution < -0.4 is 9.95 Å². The third kappa shape index (κ3) is 6.20. The number of nitrogens with zero attached hydrogens (tertiary/aromatic N) is 3. The van der Waals surface area contributed by atoms with Crippen molar-refractivity contribution in [3.63, 3.8) is 0 Å². The number of tetrazole rings is 1. The van der Waals surface area contributed by atoms with Gasteiger partial charge in [-0.25, -0.2) is 0 Å². The number of rotatable bonds is 1. The fraction of sp³-hybridized carbons (Fsp3) is 0. The summed E-state index contributed by atoms with van der Waals surface area (Å²) >= 11 is 4.73. The first-order valence-electron chi connectivity index (χ1n) is 2.33. The summed E-state index contributed by atoms with van der Waals surface area (Å²) in [6, 6.07) is 0. The van der Waals surface area contributed by atoms with Gasteiger partial charge in [0.15, 0.2) is 0 Å². The van der Waals surface area contributed by atoms with E-state index in [1.54, 1.807) is 0 Å². The summed E-state index contributed by atoms with van der Waals surface area (Å²) in [7, 11) is 0. The van der Waals surface area contributed by atoms with E-state index in [0.717, 1.165) is 0 Å². The van der Waals surface area contributed by atoms with Gasteiger partial charge in [-0.2, -0.15) is 0 Å². The first-order chi connectivity index (χ1) is 5.54. The molecule has 0 aliphatic rings. The van der Waals surface area contributed by atoms with Crippen LogP contribution in [-0.4, -0.2) is 24.9 Å². The summed E-state index contributed by atoms with van der Waals surface area (Å²) < 4.78 is 20.0. The molecule has 1 aromatic rings. The topological polar surface area (TPSA) is 115 Å². The summed E-state index contributed by atoms with van der Waals surface area (Å²) in [5, 5.41) is 11.4. The van der Waals surface area contributed by atoms with Crippen LogP contribution in [0.15, 0.2) is 0 Å². The van der Waals surface area contributed by atoms with E-state index in [4.69, 9.17) is 0 Å². The van der Waals surface area contributed by atoms with Crippen LogP contribution in [0.2, 0.25) is 0 Å². The van der Waals surface area contributed by atoms with Crippen molar-refractivity contribution in [3.8, 4) is 0 Å². The number of nitrogens with two attached hydrogens (primary N) is 1. The molecule has 1 aromatic heterocycles. The Balaban J connectivity index is 0.000000261. The minimum absolute atomic E-state index is 0.0833. The Kier molecular flexibility index (Phi) is 5.77. The molecule has 0 atom stereocenters. The van der Waals surface area contributed by atoms with E-state index in [-0.39, 0.29) is 8.53 Å². The Hall–Kier alpha value is -0.532. The Morgan fingerprint density at radius 2 is 2.17 bits per heavy atom. The van der Waals surface area contributed by atoms with E-state index in [1.807, 2.05) is 0 Å². The zero-order valence-electron chi connectivity index (χ0n) is 5.46. The van der Waals surface area contributed by atoms with E-state index >= 15 is 0 Å². The first kappa shape index (κ1) is 11.5. The molecule has 0 amide bonds. The van der Waals surface area contributed by atoms with Gasteiger partial charge in [0.1, 0.15) is 0 Å². The Labute approximate surface area is 83.7 Å². The van der Waals surface area contributed by atoms with Gasteiger partial charge in [0.05, 0.1) is 0 Å². The molecule has 0 aromatic carbocycles. The molecule has 0 bridgehead atoms. The second-order valence-electron chi connectivity index (χ2n) is 1.26. The zero-order chi connectivity index (χ0) is 9.56. The monoisotopic (exact) mass is 291 g/mol. The molecule has 0 aliphatic heterocycles. The number of thiocarbonyl (C=S) groups is 1. The second kappa shape index (κ2) is 6.04. The van der Waals surface area contributed by atoms with E-state index in [9.17, 15) is 6.80 Å². The zero-order valence-corrected chi connectivity index (χ0v) is 9.10. The van der Waals surface area contributed by atoms with Crippen molar-refractivity contribution in [1.82, 2.24) is 20.6 Å². The Bertz CT molecular complexity index is 295. The van der Waals surface area contributed by atoms with Crippen LogP contribution in [0.25, 0.3) is 0 Å². The predicted octanol–water partition coefficient (Wildman–Crippen LogP) is -2.09. The van der Waals surface area contributed by atoms with Crippen molar-refractivity contribution in [2.24, 2.45) is 5.73 Å². The summed E-state index contributed by atoms with van der Waals surface area (Å²) in [5.41, 5.74) is 4.66. The van der Waals surface area contributed by atoms with E-state index < -0.39 is 17.2 Å². The summed E-state index contributed by atoms with van der Waals surface area (Å²) in [6.45, 7) is 0. The average molecular weight is 289 g/mol. The molecule has 3 N–H and O–H groups in total. The molecular weight excluding hydrogens is 286 g/mol. The van der Waals surface area contributed by atoms with Gasteiger partial charge in [-0.05, 0) is 0 Å². The molecule has 66 valence electrons. The standard InChI is InChI=1S/CHN4.CH3NS2.Mo.2O/c1-2-4-5-3-1;2-1(3)4;;;/h(H,2,3,4,5);(H3,2,3,4);;;/q;;+1;;/p-1. The molecule has 1 heterocycles. The molecule has 0 saturated carbocycles. The summed E-state index contributed by atoms with van der Waals surface area (Å²) in [5.74, 6) is 0. The van der Waals surface area contributed by atoms with Crippen molar-refractivity contribution in [3.05, 3.63) is 0 Å². The third-order valence-electron chi connectivity index (χ3n) is 0.484. The molecule has 0 radical (unpaired) electrons. The fourth-order valence-electron chi connectivity index (χ4n) is 0.221. The molecule has 7 nitrogen and oxygen atoms in total. The maximum absolute atomic E-state index is 10.0. The maximum atomic E-state index is 10.0. The van der Waals surface area contributed by atoms with Gasteiger partial charge >= 0.3 is 48.9 Å². The average Bonchev–Trinajstić information content (AvgIpc) is 2.34. The van der Waals surface area contributed by atoms with Crippen LogP contribution in [0, 0.1) is 0 Å². The molecule has 1 rings (SSSR count). The van der Waals surface area contributed by atoms with Crippen molar-refractivity contribution in [1.29, 1.82) is 0 Å². The molecule has 10 heteroatoms. The van der Waals surface area contributed by atoms with Gasteiger partial charge in [-0.15, -0.1) is 0 Å². The number of nitrogens with one attached hydrogen (secondary N) is 1. The molecule has 0 fully saturated rings. The normalized spacial score (nSPS) is 8.00. The van der Waals surface area contributed by atoms with Crippen LogP contribution in [0.4, 0.5) is 0 Å². The first-order valence-corrected chi connectivity index (χ1v) is 5.79. The Morgan fingerprint density at radius 3 is 2.33 bits per heavy atom. The van der Waals surface area contributed by atoms with Crippen LogP contribution >= 0.6 is 12.2 Å². The van der Waals surface area contributed by atoms with E-state index in [0.29, 0.717) is 0 Å². The quantitative estimate of drug-likeness (QED) is 0.343. The Morgan fingerprint density at radius 1 is 1.67 bits per heavy atom. The number of H-pyrrole nitrogens is 1. The molecule has 0 spiro atoms. The summed E-state index contributed by atoms with van der Waals surface area (Å²) in [4.78, 5) is 0. The van der Waals surface area contributed by atoms with Gasteiger partial charge in [0.25, 0.3) is 0 Å². The van der Waals surface area contributed by atoms with Gasteiger partial charge < -0.3 is 30.6 Å². The number of hydrogen-bond donors (Lipinski definition) is 2. The van der Waals surface area contributed by atoms with Gasteiger partial charge in [-0.1, -0.05) is 4.32 Å². The molecule has 0 saturated heterocycles. The van der Waals surface area contributed by atoms with E-state index in [2.05, 4.69) is 51.2 Å². The number of aromatic nitrogens is 4. The number of hydrogen-bond acceptors (Lipinski definition) is 7. The number of aromatic amines is 1. The summed E-state index contributed by atoms with van der Waals surface area (Å²) in [6.07, 6.45) is 0. The minimum atomic E-state index is -3.53. The molecular formula is C2H3MoN5O2S2. The van der Waals surface area contributed by atoms with Gasteiger partial charge in [0, 0.05) is 0 Å². The van der Waals surface area contributed by atoms with Crippen molar-refractivity contribution >= 4 is 33.4 Å². The van der Waals surface area contributed by atoms with Crippen LogP contribution in [-0.2, 0) is 36.7 Å². The predicted molar refractivity (Wildman–Crippen MR) is 39.3 cm³/mol. The fourth-order valence-corrected chi connectivity index (χ4v) is 0.758. The van der Waals surface area contributed by atoms with Crippen molar-refractivity contribution < 1.29 is 24.0 Å². The molecule has 12 heavy (non-hydrogen) atoms. The molecule has 0 unspecified atom stereocenters. The van der Waals surface area contributed by atoms with Crippen molar-refractivity contribution in [2.45, 2.75) is 0 Å². The second-order valence-corrected chi connectivity index (χ2v) is 4.50. The van der Waals surface area contributed by atoms with Crippen LogP contribution in [0.3, 0.4) is 0 Å². The van der Waals surface area contributed by atoms with Gasteiger partial charge in [0.2, 0.25) is 0 Å². The molecule has 0 aliphatic carbocycles. The third-order valence-corrected chi connectivity index (χ3v) is 1.68. The van der Waals surface area contributed by atoms with Crippen LogP contribution in [0.5, 0.6) is 0 Å².